The molecule has 0 saturated heterocycles. The maximum Gasteiger partial charge on any atom is 0.270 e. The van der Waals surface area contributed by atoms with Gasteiger partial charge < -0.3 is 24.5 Å². The number of aromatic nitrogens is 3. The summed E-state index contributed by atoms with van der Waals surface area (Å²) in [5, 5.41) is 2.95. The van der Waals surface area contributed by atoms with Crippen LogP contribution in [0, 0.1) is 6.92 Å². The van der Waals surface area contributed by atoms with Crippen molar-refractivity contribution in [1.82, 2.24) is 24.8 Å². The number of nitrogens with one attached hydrogen (secondary N) is 2. The number of fused-ring (bicyclic) bond motifs is 2. The number of carbonyl (C=O) groups is 2. The highest BCUT2D eigenvalue weighted by atomic mass is 16.5. The molecule has 3 heterocycles. The molecule has 36 heavy (non-hydrogen) atoms. The Bertz CT molecular complexity index is 1470. The van der Waals surface area contributed by atoms with Crippen LogP contribution in [0.3, 0.4) is 0 Å². The molecular weight excluding hydrogens is 454 g/mol. The number of aryl methyl sites for hydroxylation is 1. The molecule has 8 heteroatoms. The smallest absolute Gasteiger partial charge is 0.270 e. The average Bonchev–Trinajstić information content (AvgIpc) is 3.30. The van der Waals surface area contributed by atoms with E-state index in [-0.39, 0.29) is 17.4 Å². The number of ether oxygens (including phenoxy) is 1. The van der Waals surface area contributed by atoms with Gasteiger partial charge in [0.1, 0.15) is 29.6 Å². The molecule has 0 radical (unpaired) electrons. The predicted molar refractivity (Wildman–Crippen MR) is 139 cm³/mol. The fourth-order valence-corrected chi connectivity index (χ4v) is 4.58. The summed E-state index contributed by atoms with van der Waals surface area (Å²) in [5.41, 5.74) is 5.52. The molecule has 2 N–H and O–H groups in total. The van der Waals surface area contributed by atoms with Gasteiger partial charge in [0.2, 0.25) is 0 Å². The average molecular weight is 486 g/mol. The molecule has 0 spiro atoms. The Morgan fingerprint density at radius 3 is 2.53 bits per heavy atom. The van der Waals surface area contributed by atoms with E-state index in [1.807, 2.05) is 45.9 Å². The van der Waals surface area contributed by atoms with Crippen LogP contribution in [0.5, 0.6) is 5.75 Å². The molecule has 2 aromatic carbocycles. The number of imidazole rings is 1. The number of carbonyl (C=O) groups excluding carboxylic acids is 2. The molecule has 0 atom stereocenters. The van der Waals surface area contributed by atoms with Crippen LogP contribution < -0.4 is 10.1 Å². The Morgan fingerprint density at radius 1 is 1.03 bits per heavy atom. The molecule has 8 nitrogen and oxygen atoms in total. The van der Waals surface area contributed by atoms with E-state index in [1.165, 1.54) is 0 Å². The third-order valence-corrected chi connectivity index (χ3v) is 6.32. The van der Waals surface area contributed by atoms with Crippen molar-refractivity contribution in [2.24, 2.45) is 7.05 Å². The Kier molecular flexibility index (Phi) is 5.82. The highest BCUT2D eigenvalue weighted by Gasteiger charge is 2.26. The van der Waals surface area contributed by atoms with E-state index in [9.17, 15) is 9.59 Å². The normalized spacial score (nSPS) is 13.8. The van der Waals surface area contributed by atoms with Gasteiger partial charge in [0.15, 0.2) is 0 Å². The minimum atomic E-state index is -0.365. The fourth-order valence-electron chi connectivity index (χ4n) is 4.58. The van der Waals surface area contributed by atoms with Gasteiger partial charge in [-0.25, -0.2) is 4.98 Å². The van der Waals surface area contributed by atoms with Crippen LogP contribution in [0.1, 0.15) is 53.1 Å². The molecule has 1 aliphatic heterocycles. The number of hydrogen-bond donors (Lipinski definition) is 2. The molecule has 2 aromatic heterocycles. The number of H-pyrrole nitrogens is 1. The lowest BCUT2D eigenvalue weighted by Gasteiger charge is -2.22. The lowest BCUT2D eigenvalue weighted by atomic mass is 10.0. The summed E-state index contributed by atoms with van der Waals surface area (Å²) in [5.74, 6) is 1.32. The summed E-state index contributed by atoms with van der Waals surface area (Å²) in [6, 6.07) is 15.7. The van der Waals surface area contributed by atoms with Crippen molar-refractivity contribution in [3.05, 3.63) is 71.3 Å². The summed E-state index contributed by atoms with van der Waals surface area (Å²) >= 11 is 0. The van der Waals surface area contributed by atoms with E-state index < -0.39 is 0 Å². The van der Waals surface area contributed by atoms with E-state index in [2.05, 4.69) is 33.5 Å². The summed E-state index contributed by atoms with van der Waals surface area (Å²) in [4.78, 5) is 35.7. The van der Waals surface area contributed by atoms with Gasteiger partial charge in [-0.05, 0) is 75.2 Å². The first-order chi connectivity index (χ1) is 17.1. The number of rotatable bonds is 3. The Balaban J connectivity index is 1.40. The molecule has 0 bridgehead atoms. The second-order valence-corrected chi connectivity index (χ2v) is 10.3. The van der Waals surface area contributed by atoms with Crippen molar-refractivity contribution in [2.45, 2.75) is 39.8 Å². The van der Waals surface area contributed by atoms with E-state index in [1.54, 1.807) is 28.6 Å². The maximum atomic E-state index is 13.5. The van der Waals surface area contributed by atoms with Gasteiger partial charge in [-0.3, -0.25) is 9.59 Å². The van der Waals surface area contributed by atoms with Crippen LogP contribution in [0.25, 0.3) is 22.2 Å². The summed E-state index contributed by atoms with van der Waals surface area (Å²) in [7, 11) is 1.75. The molecule has 0 saturated carbocycles. The van der Waals surface area contributed by atoms with E-state index >= 15 is 0 Å². The fraction of sp³-hybridized carbons (Fsp3) is 0.321. The van der Waals surface area contributed by atoms with Gasteiger partial charge in [-0.15, -0.1) is 0 Å². The Hall–Kier alpha value is -4.07. The Morgan fingerprint density at radius 2 is 1.75 bits per heavy atom. The third kappa shape index (κ3) is 4.58. The number of benzene rings is 2. The van der Waals surface area contributed by atoms with Crippen LogP contribution >= 0.6 is 0 Å². The monoisotopic (exact) mass is 485 g/mol. The zero-order chi connectivity index (χ0) is 25.6. The summed E-state index contributed by atoms with van der Waals surface area (Å²) in [6.45, 7) is 9.00. The van der Waals surface area contributed by atoms with Crippen LogP contribution in [-0.2, 0) is 13.6 Å². The quantitative estimate of drug-likeness (QED) is 0.449. The van der Waals surface area contributed by atoms with Gasteiger partial charge in [0.05, 0.1) is 17.6 Å². The molecule has 1 aliphatic rings. The minimum Gasteiger partial charge on any atom is -0.491 e. The van der Waals surface area contributed by atoms with Gasteiger partial charge in [-0.1, -0.05) is 12.1 Å². The maximum absolute atomic E-state index is 13.5. The van der Waals surface area contributed by atoms with Crippen molar-refractivity contribution < 1.29 is 14.3 Å². The molecular formula is C28H31N5O3. The zero-order valence-electron chi connectivity index (χ0n) is 21.3. The van der Waals surface area contributed by atoms with Gasteiger partial charge in [0.25, 0.3) is 11.8 Å². The highest BCUT2D eigenvalue weighted by molar-refractivity contribution is 5.98. The largest absolute Gasteiger partial charge is 0.491 e. The van der Waals surface area contributed by atoms with E-state index in [4.69, 9.17) is 4.74 Å². The second-order valence-electron chi connectivity index (χ2n) is 10.3. The van der Waals surface area contributed by atoms with E-state index in [0.29, 0.717) is 31.1 Å². The molecule has 0 fully saturated rings. The lowest BCUT2D eigenvalue weighted by Crippen LogP contribution is -2.41. The van der Waals surface area contributed by atoms with Gasteiger partial charge >= 0.3 is 0 Å². The zero-order valence-corrected chi connectivity index (χ0v) is 21.3. The topological polar surface area (TPSA) is 92.2 Å². The number of amides is 2. The molecule has 4 aromatic rings. The number of aromatic amines is 1. The molecule has 0 aliphatic carbocycles. The van der Waals surface area contributed by atoms with Crippen LogP contribution in [-0.4, -0.2) is 49.9 Å². The van der Waals surface area contributed by atoms with Crippen molar-refractivity contribution in [1.29, 1.82) is 0 Å². The first-order valence-electron chi connectivity index (χ1n) is 12.1. The van der Waals surface area contributed by atoms with Crippen molar-refractivity contribution in [3.63, 3.8) is 0 Å². The third-order valence-electron chi connectivity index (χ3n) is 6.32. The number of nitrogens with zero attached hydrogens (tertiary/aromatic N) is 3. The predicted octanol–water partition coefficient (Wildman–Crippen LogP) is 4.44. The molecule has 186 valence electrons. The second kappa shape index (κ2) is 8.86. The SMILES string of the molecule is Cc1nc2ccc(-c3ccc4c(c3)CN(C(=O)c3ccc(C(=O)NC(C)(C)C)n3C)CCO4)cc2[nH]1. The van der Waals surface area contributed by atoms with Gasteiger partial charge in [-0.2, -0.15) is 0 Å². The standard InChI is InChI=1S/C28H31N5O3/c1-17-29-21-8-6-19(15-22(21)30-17)18-7-11-25-20(14-18)16-33(12-13-36-25)27(35)24-10-9-23(32(24)5)26(34)31-28(2,3)4/h6-11,14-15H,12-13,16H2,1-5H3,(H,29,30)(H,31,34). The summed E-state index contributed by atoms with van der Waals surface area (Å²) in [6.07, 6.45) is 0. The Labute approximate surface area is 210 Å². The molecule has 2 amide bonds. The van der Waals surface area contributed by atoms with E-state index in [0.717, 1.165) is 39.3 Å². The molecule has 0 unspecified atom stereocenters. The first-order valence-corrected chi connectivity index (χ1v) is 12.1. The molecule has 5 rings (SSSR count). The van der Waals surface area contributed by atoms with Crippen molar-refractivity contribution >= 4 is 22.8 Å². The van der Waals surface area contributed by atoms with Crippen molar-refractivity contribution in [2.75, 3.05) is 13.2 Å². The van der Waals surface area contributed by atoms with Crippen LogP contribution in [0.15, 0.2) is 48.5 Å². The van der Waals surface area contributed by atoms with Crippen molar-refractivity contribution in [3.8, 4) is 16.9 Å². The lowest BCUT2D eigenvalue weighted by molar-refractivity contribution is 0.0723. The van der Waals surface area contributed by atoms with Crippen LogP contribution in [0.2, 0.25) is 0 Å². The minimum absolute atomic E-state index is 0.136. The summed E-state index contributed by atoms with van der Waals surface area (Å²) < 4.78 is 7.64. The number of hydrogen-bond acceptors (Lipinski definition) is 4. The van der Waals surface area contributed by atoms with Crippen LogP contribution in [0.4, 0.5) is 0 Å². The highest BCUT2D eigenvalue weighted by Crippen LogP contribution is 2.31. The first kappa shape index (κ1) is 23.7. The van der Waals surface area contributed by atoms with Gasteiger partial charge in [0, 0.05) is 24.7 Å².